The summed E-state index contributed by atoms with van der Waals surface area (Å²) in [5.41, 5.74) is 0. The first-order valence-corrected chi connectivity index (χ1v) is 7.33. The predicted molar refractivity (Wildman–Crippen MR) is 58.7 cm³/mol. The molecule has 0 radical (unpaired) electrons. The van der Waals surface area contributed by atoms with E-state index in [4.69, 9.17) is 4.74 Å². The molecular formula is C10H19NO3S. The van der Waals surface area contributed by atoms with Crippen molar-refractivity contribution in [2.75, 3.05) is 26.3 Å². The molecule has 2 rings (SSSR count). The van der Waals surface area contributed by atoms with E-state index in [1.165, 1.54) is 0 Å². The Morgan fingerprint density at radius 2 is 1.80 bits per heavy atom. The average molecular weight is 233 g/mol. The molecule has 0 aromatic carbocycles. The summed E-state index contributed by atoms with van der Waals surface area (Å²) in [7, 11) is -2.93. The lowest BCUT2D eigenvalue weighted by Gasteiger charge is -2.29. The van der Waals surface area contributed by atoms with Gasteiger partial charge in [0, 0.05) is 19.8 Å². The molecule has 2 aliphatic rings. The van der Waals surface area contributed by atoms with Gasteiger partial charge in [-0.2, -0.15) is 0 Å². The molecule has 1 atom stereocenters. The molecule has 0 amide bonds. The first-order chi connectivity index (χ1) is 7.21. The van der Waals surface area contributed by atoms with Crippen molar-refractivity contribution in [3.05, 3.63) is 0 Å². The Kier molecular flexibility index (Phi) is 3.64. The molecule has 0 bridgehead atoms. The maximum atomic E-state index is 12.2. The third kappa shape index (κ3) is 2.52. The molecule has 0 aromatic heterocycles. The van der Waals surface area contributed by atoms with Gasteiger partial charge in [-0.05, 0) is 32.2 Å². The van der Waals surface area contributed by atoms with Crippen LogP contribution in [0.1, 0.15) is 25.7 Å². The highest BCUT2D eigenvalue weighted by molar-refractivity contribution is 7.92. The number of rotatable bonds is 2. The fraction of sp³-hybridized carbons (Fsp3) is 1.00. The molecule has 5 heteroatoms. The zero-order valence-electron chi connectivity index (χ0n) is 8.94. The highest BCUT2D eigenvalue weighted by Gasteiger charge is 2.35. The third-order valence-electron chi connectivity index (χ3n) is 3.35. The van der Waals surface area contributed by atoms with Crippen LogP contribution in [0.25, 0.3) is 0 Å². The van der Waals surface area contributed by atoms with Crippen LogP contribution >= 0.6 is 0 Å². The number of sulfone groups is 1. The monoisotopic (exact) mass is 233 g/mol. The maximum Gasteiger partial charge on any atom is 0.157 e. The number of ether oxygens (including phenoxy) is 1. The Hall–Kier alpha value is -0.130. The Morgan fingerprint density at radius 3 is 2.40 bits per heavy atom. The number of hydrogen-bond acceptors (Lipinski definition) is 4. The summed E-state index contributed by atoms with van der Waals surface area (Å²) in [5, 5.41) is 2.86. The van der Waals surface area contributed by atoms with E-state index in [2.05, 4.69) is 5.32 Å². The predicted octanol–water partition coefficient (Wildman–Crippen LogP) is 0.332. The summed E-state index contributed by atoms with van der Waals surface area (Å²) in [4.78, 5) is 0. The minimum absolute atomic E-state index is 0.156. The lowest BCUT2D eigenvalue weighted by molar-refractivity contribution is 0.0981. The third-order valence-corrected chi connectivity index (χ3v) is 6.08. The Labute approximate surface area is 91.3 Å². The summed E-state index contributed by atoms with van der Waals surface area (Å²) in [6.45, 7) is 2.80. The van der Waals surface area contributed by atoms with Crippen LogP contribution in [0.15, 0.2) is 0 Å². The van der Waals surface area contributed by atoms with Crippen molar-refractivity contribution >= 4 is 9.84 Å². The van der Waals surface area contributed by atoms with Crippen LogP contribution in [0, 0.1) is 0 Å². The van der Waals surface area contributed by atoms with Crippen molar-refractivity contribution in [1.82, 2.24) is 5.32 Å². The summed E-state index contributed by atoms with van der Waals surface area (Å²) in [6, 6.07) is 0. The van der Waals surface area contributed by atoms with Crippen molar-refractivity contribution in [3.8, 4) is 0 Å². The molecule has 1 N–H and O–H groups in total. The van der Waals surface area contributed by atoms with Gasteiger partial charge in [0.2, 0.25) is 0 Å². The van der Waals surface area contributed by atoms with Crippen molar-refractivity contribution < 1.29 is 13.2 Å². The van der Waals surface area contributed by atoms with Crippen LogP contribution in [-0.4, -0.2) is 45.2 Å². The van der Waals surface area contributed by atoms with Crippen LogP contribution in [0.3, 0.4) is 0 Å². The molecular weight excluding hydrogens is 214 g/mol. The van der Waals surface area contributed by atoms with Gasteiger partial charge in [-0.25, -0.2) is 8.42 Å². The van der Waals surface area contributed by atoms with Crippen LogP contribution in [-0.2, 0) is 14.6 Å². The summed E-state index contributed by atoms with van der Waals surface area (Å²) in [5.74, 6) is 0. The largest absolute Gasteiger partial charge is 0.381 e. The molecule has 2 heterocycles. The molecule has 1 unspecified atom stereocenters. The van der Waals surface area contributed by atoms with Crippen LogP contribution in [0.4, 0.5) is 0 Å². The number of hydrogen-bond donors (Lipinski definition) is 1. The Bertz CT molecular complexity index is 266. The summed E-state index contributed by atoms with van der Waals surface area (Å²) >= 11 is 0. The highest BCUT2D eigenvalue weighted by atomic mass is 32.2. The van der Waals surface area contributed by atoms with Crippen molar-refractivity contribution in [1.29, 1.82) is 0 Å². The molecule has 0 saturated carbocycles. The summed E-state index contributed by atoms with van der Waals surface area (Å²) < 4.78 is 29.7. The highest BCUT2D eigenvalue weighted by Crippen LogP contribution is 2.23. The molecule has 2 aliphatic heterocycles. The smallest absolute Gasteiger partial charge is 0.157 e. The van der Waals surface area contributed by atoms with Crippen LogP contribution in [0.2, 0.25) is 0 Å². The normalized spacial score (nSPS) is 30.3. The minimum Gasteiger partial charge on any atom is -0.381 e. The van der Waals surface area contributed by atoms with E-state index in [0.29, 0.717) is 32.6 Å². The van der Waals surface area contributed by atoms with Gasteiger partial charge in [0.25, 0.3) is 0 Å². The maximum absolute atomic E-state index is 12.2. The van der Waals surface area contributed by atoms with Gasteiger partial charge in [-0.1, -0.05) is 0 Å². The second-order valence-corrected chi connectivity index (χ2v) is 6.88. The van der Waals surface area contributed by atoms with E-state index in [9.17, 15) is 8.42 Å². The van der Waals surface area contributed by atoms with E-state index < -0.39 is 9.84 Å². The SMILES string of the molecule is O=S(=O)(C1CCOCC1)C1CCCNC1. The molecule has 2 fully saturated rings. The second kappa shape index (κ2) is 4.80. The van der Waals surface area contributed by atoms with E-state index in [0.717, 1.165) is 19.4 Å². The zero-order chi connectivity index (χ0) is 10.7. The Morgan fingerprint density at radius 1 is 1.07 bits per heavy atom. The fourth-order valence-corrected chi connectivity index (χ4v) is 4.62. The topological polar surface area (TPSA) is 55.4 Å². The van der Waals surface area contributed by atoms with Crippen molar-refractivity contribution in [3.63, 3.8) is 0 Å². The van der Waals surface area contributed by atoms with E-state index >= 15 is 0 Å². The van der Waals surface area contributed by atoms with Crippen molar-refractivity contribution in [2.24, 2.45) is 0 Å². The second-order valence-electron chi connectivity index (χ2n) is 4.37. The first-order valence-electron chi connectivity index (χ1n) is 5.72. The number of nitrogens with one attached hydrogen (secondary N) is 1. The molecule has 2 saturated heterocycles. The van der Waals surface area contributed by atoms with Crippen LogP contribution < -0.4 is 5.32 Å². The molecule has 88 valence electrons. The van der Waals surface area contributed by atoms with E-state index in [1.807, 2.05) is 0 Å². The first kappa shape index (κ1) is 11.4. The van der Waals surface area contributed by atoms with E-state index in [1.54, 1.807) is 0 Å². The standard InChI is InChI=1S/C10H19NO3S/c12-15(13,9-3-6-14-7-4-9)10-2-1-5-11-8-10/h9-11H,1-8H2. The van der Waals surface area contributed by atoms with Gasteiger partial charge in [-0.15, -0.1) is 0 Å². The average Bonchev–Trinajstić information content (AvgIpc) is 2.31. The van der Waals surface area contributed by atoms with Gasteiger partial charge < -0.3 is 10.1 Å². The number of piperidine rings is 1. The van der Waals surface area contributed by atoms with Gasteiger partial charge in [0.15, 0.2) is 9.84 Å². The van der Waals surface area contributed by atoms with Crippen molar-refractivity contribution in [2.45, 2.75) is 36.2 Å². The molecule has 0 aliphatic carbocycles. The molecule has 4 nitrogen and oxygen atoms in total. The molecule has 0 aromatic rings. The molecule has 0 spiro atoms. The van der Waals surface area contributed by atoms with Gasteiger partial charge >= 0.3 is 0 Å². The minimum atomic E-state index is -2.93. The quantitative estimate of drug-likeness (QED) is 0.747. The fourth-order valence-electron chi connectivity index (χ4n) is 2.38. The van der Waals surface area contributed by atoms with Gasteiger partial charge in [0.1, 0.15) is 0 Å². The lowest BCUT2D eigenvalue weighted by atomic mass is 10.2. The molecule has 15 heavy (non-hydrogen) atoms. The Balaban J connectivity index is 2.03. The van der Waals surface area contributed by atoms with Crippen LogP contribution in [0.5, 0.6) is 0 Å². The lowest BCUT2D eigenvalue weighted by Crippen LogP contribution is -2.44. The van der Waals surface area contributed by atoms with E-state index in [-0.39, 0.29) is 10.5 Å². The van der Waals surface area contributed by atoms with Gasteiger partial charge in [0.05, 0.1) is 10.5 Å². The zero-order valence-corrected chi connectivity index (χ0v) is 9.76. The van der Waals surface area contributed by atoms with Gasteiger partial charge in [-0.3, -0.25) is 0 Å². The summed E-state index contributed by atoms with van der Waals surface area (Å²) in [6.07, 6.45) is 3.16.